The summed E-state index contributed by atoms with van der Waals surface area (Å²) in [6, 6.07) is 17.9. The molecule has 1 heterocycles. The van der Waals surface area contributed by atoms with E-state index in [4.69, 9.17) is 0 Å². The molecule has 3 nitrogen and oxygen atoms in total. The highest BCUT2D eigenvalue weighted by Gasteiger charge is 2.44. The lowest BCUT2D eigenvalue weighted by Gasteiger charge is -2.46. The van der Waals surface area contributed by atoms with Crippen molar-refractivity contribution in [3.05, 3.63) is 60.2 Å². The Labute approximate surface area is 147 Å². The number of ketones is 1. The number of hydrogen-bond acceptors (Lipinski definition) is 3. The van der Waals surface area contributed by atoms with Crippen LogP contribution >= 0.6 is 11.8 Å². The predicted molar refractivity (Wildman–Crippen MR) is 98.3 cm³/mol. The highest BCUT2D eigenvalue weighted by Crippen LogP contribution is 2.53. The van der Waals surface area contributed by atoms with Gasteiger partial charge in [0, 0.05) is 9.64 Å². The average Bonchev–Trinajstić information content (AvgIpc) is 2.52. The molecule has 1 atom stereocenters. The Kier molecular flexibility index (Phi) is 4.50. The van der Waals surface area contributed by atoms with E-state index in [1.807, 2.05) is 47.4 Å². The van der Waals surface area contributed by atoms with E-state index in [-0.39, 0.29) is 28.9 Å². The van der Waals surface area contributed by atoms with E-state index in [2.05, 4.69) is 26.0 Å². The molecule has 2 aromatic rings. The van der Waals surface area contributed by atoms with Gasteiger partial charge in [-0.3, -0.25) is 9.59 Å². The third-order valence-corrected chi connectivity index (χ3v) is 5.51. The van der Waals surface area contributed by atoms with Gasteiger partial charge in [0.1, 0.15) is 5.78 Å². The van der Waals surface area contributed by atoms with E-state index >= 15 is 0 Å². The summed E-state index contributed by atoms with van der Waals surface area (Å²) in [5.74, 6) is -0.252. The Morgan fingerprint density at radius 2 is 1.67 bits per heavy atom. The second-order valence-electron chi connectivity index (χ2n) is 6.63. The fourth-order valence-corrected chi connectivity index (χ4v) is 4.63. The quantitative estimate of drug-likeness (QED) is 0.766. The van der Waals surface area contributed by atoms with Crippen molar-refractivity contribution in [2.75, 3.05) is 4.90 Å². The van der Waals surface area contributed by atoms with Crippen LogP contribution in [0.15, 0.2) is 59.5 Å². The summed E-state index contributed by atoms with van der Waals surface area (Å²) in [4.78, 5) is 27.4. The Balaban J connectivity index is 2.16. The number of anilines is 1. The van der Waals surface area contributed by atoms with Crippen molar-refractivity contribution in [2.45, 2.75) is 42.9 Å². The van der Waals surface area contributed by atoms with Crippen LogP contribution in [-0.4, -0.2) is 16.4 Å². The number of amides is 1. The van der Waals surface area contributed by atoms with Gasteiger partial charge in [0.05, 0.1) is 18.2 Å². The number of nitrogens with zero attached hydrogens (tertiary/aromatic N) is 1. The molecule has 0 spiro atoms. The van der Waals surface area contributed by atoms with Gasteiger partial charge >= 0.3 is 0 Å². The maximum absolute atomic E-state index is 12.9. The Bertz CT molecular complexity index is 770. The summed E-state index contributed by atoms with van der Waals surface area (Å²) in [5.41, 5.74) is 1.98. The van der Waals surface area contributed by atoms with Crippen LogP contribution in [0.5, 0.6) is 0 Å². The minimum atomic E-state index is -0.206. The molecule has 0 aromatic heterocycles. The standard InChI is InChI=1S/C20H21NO2S/c1-14(22)13-18(23)21-16-11-7-8-12-17(16)24-20(2,3)19(21)15-9-5-4-6-10-15/h4-12,19H,13H2,1-3H3. The topological polar surface area (TPSA) is 37.4 Å². The fraction of sp³-hybridized carbons (Fsp3) is 0.300. The number of para-hydroxylation sites is 1. The van der Waals surface area contributed by atoms with Crippen LogP contribution in [0.3, 0.4) is 0 Å². The lowest BCUT2D eigenvalue weighted by molar-refractivity contribution is -0.126. The summed E-state index contributed by atoms with van der Waals surface area (Å²) in [5, 5.41) is 0. The zero-order valence-electron chi connectivity index (χ0n) is 14.2. The summed E-state index contributed by atoms with van der Waals surface area (Å²) in [6.07, 6.45) is -0.0710. The number of fused-ring (bicyclic) bond motifs is 1. The van der Waals surface area contributed by atoms with Crippen LogP contribution in [0, 0.1) is 0 Å². The van der Waals surface area contributed by atoms with E-state index in [1.54, 1.807) is 11.8 Å². The van der Waals surface area contributed by atoms with Gasteiger partial charge in [-0.15, -0.1) is 11.8 Å². The van der Waals surface area contributed by atoms with Crippen LogP contribution in [0.4, 0.5) is 5.69 Å². The van der Waals surface area contributed by atoms with Crippen LogP contribution in [0.1, 0.15) is 38.8 Å². The minimum absolute atomic E-state index is 0.0710. The van der Waals surface area contributed by atoms with E-state index in [1.165, 1.54) is 6.92 Å². The molecular weight excluding hydrogens is 318 g/mol. The molecule has 0 fully saturated rings. The van der Waals surface area contributed by atoms with Gasteiger partial charge in [0.15, 0.2) is 0 Å². The monoisotopic (exact) mass is 339 g/mol. The molecule has 2 aromatic carbocycles. The van der Waals surface area contributed by atoms with Crippen molar-refractivity contribution in [3.63, 3.8) is 0 Å². The van der Waals surface area contributed by atoms with Crippen LogP contribution in [0.2, 0.25) is 0 Å². The van der Waals surface area contributed by atoms with Gasteiger partial charge in [-0.1, -0.05) is 42.5 Å². The van der Waals surface area contributed by atoms with E-state index in [0.717, 1.165) is 16.1 Å². The minimum Gasteiger partial charge on any atom is -0.302 e. The molecule has 0 saturated carbocycles. The van der Waals surface area contributed by atoms with Gasteiger partial charge < -0.3 is 4.90 Å². The van der Waals surface area contributed by atoms with Gasteiger partial charge in [0.25, 0.3) is 0 Å². The maximum Gasteiger partial charge on any atom is 0.235 e. The zero-order chi connectivity index (χ0) is 17.3. The summed E-state index contributed by atoms with van der Waals surface area (Å²) >= 11 is 1.78. The SMILES string of the molecule is CC(=O)CC(=O)N1c2ccccc2SC(C)(C)C1c1ccccc1. The highest BCUT2D eigenvalue weighted by atomic mass is 32.2. The van der Waals surface area contributed by atoms with Gasteiger partial charge in [-0.05, 0) is 38.5 Å². The fourth-order valence-electron chi connectivity index (χ4n) is 3.29. The first-order chi connectivity index (χ1) is 11.4. The number of hydrogen-bond donors (Lipinski definition) is 0. The predicted octanol–water partition coefficient (Wildman–Crippen LogP) is 4.62. The second kappa shape index (κ2) is 6.44. The number of Topliss-reactive ketones (excluding diaryl/α,β-unsaturated/α-hetero) is 1. The van der Waals surface area contributed by atoms with Crippen molar-refractivity contribution < 1.29 is 9.59 Å². The average molecular weight is 339 g/mol. The molecule has 124 valence electrons. The molecule has 3 rings (SSSR count). The Hall–Kier alpha value is -2.07. The molecule has 1 aliphatic rings. The summed E-state index contributed by atoms with van der Waals surface area (Å²) in [7, 11) is 0. The number of thioether (sulfide) groups is 1. The largest absolute Gasteiger partial charge is 0.302 e. The zero-order valence-corrected chi connectivity index (χ0v) is 15.0. The van der Waals surface area contributed by atoms with Crippen LogP contribution in [-0.2, 0) is 9.59 Å². The molecule has 0 N–H and O–H groups in total. The number of benzene rings is 2. The summed E-state index contributed by atoms with van der Waals surface area (Å²) < 4.78 is -0.206. The van der Waals surface area contributed by atoms with Gasteiger partial charge in [-0.25, -0.2) is 0 Å². The smallest absolute Gasteiger partial charge is 0.235 e. The van der Waals surface area contributed by atoms with Crippen molar-refractivity contribution in [2.24, 2.45) is 0 Å². The maximum atomic E-state index is 12.9. The van der Waals surface area contributed by atoms with E-state index in [0.29, 0.717) is 0 Å². The first-order valence-electron chi connectivity index (χ1n) is 8.04. The number of carbonyl (C=O) groups excluding carboxylic acids is 2. The Morgan fingerprint density at radius 3 is 2.33 bits per heavy atom. The number of carbonyl (C=O) groups is 2. The van der Waals surface area contributed by atoms with Gasteiger partial charge in [-0.2, -0.15) is 0 Å². The molecule has 0 saturated heterocycles. The first kappa shape index (κ1) is 16.8. The molecular formula is C20H21NO2S. The first-order valence-corrected chi connectivity index (χ1v) is 8.86. The molecule has 1 amide bonds. The van der Waals surface area contributed by atoms with Crippen molar-refractivity contribution in [1.29, 1.82) is 0 Å². The van der Waals surface area contributed by atoms with E-state index < -0.39 is 0 Å². The second-order valence-corrected chi connectivity index (χ2v) is 8.33. The van der Waals surface area contributed by atoms with E-state index in [9.17, 15) is 9.59 Å². The number of rotatable bonds is 3. The highest BCUT2D eigenvalue weighted by molar-refractivity contribution is 8.01. The molecule has 24 heavy (non-hydrogen) atoms. The van der Waals surface area contributed by atoms with Crippen LogP contribution in [0.25, 0.3) is 0 Å². The molecule has 1 aliphatic heterocycles. The molecule has 1 unspecified atom stereocenters. The summed E-state index contributed by atoms with van der Waals surface area (Å²) in [6.45, 7) is 5.77. The lowest BCUT2D eigenvalue weighted by Crippen LogP contribution is -2.47. The third-order valence-electron chi connectivity index (χ3n) is 4.20. The lowest BCUT2D eigenvalue weighted by atomic mass is 9.92. The third kappa shape index (κ3) is 3.11. The molecule has 0 aliphatic carbocycles. The van der Waals surface area contributed by atoms with Crippen molar-refractivity contribution in [1.82, 2.24) is 0 Å². The Morgan fingerprint density at radius 1 is 1.04 bits per heavy atom. The van der Waals surface area contributed by atoms with Crippen molar-refractivity contribution in [3.8, 4) is 0 Å². The normalized spacial score (nSPS) is 18.8. The van der Waals surface area contributed by atoms with Crippen LogP contribution < -0.4 is 4.90 Å². The van der Waals surface area contributed by atoms with Gasteiger partial charge in [0.2, 0.25) is 5.91 Å². The van der Waals surface area contributed by atoms with Crippen molar-refractivity contribution >= 4 is 29.1 Å². The molecule has 4 heteroatoms. The molecule has 0 radical (unpaired) electrons. The molecule has 0 bridgehead atoms.